The van der Waals surface area contributed by atoms with Crippen LogP contribution in [0.3, 0.4) is 0 Å². The van der Waals surface area contributed by atoms with E-state index < -0.39 is 12.0 Å². The molecular formula is C8H10O6. The third kappa shape index (κ3) is 2.96. The fraction of sp³-hybridized carbons (Fsp3) is 0.500. The average Bonchev–Trinajstić information content (AvgIpc) is 2.65. The minimum Gasteiger partial charge on any atom is -0.427 e. The van der Waals surface area contributed by atoms with Crippen molar-refractivity contribution >= 4 is 6.16 Å². The SMILES string of the molecule is CC1OC(=O)OC1C.O=c1occo1. The van der Waals surface area contributed by atoms with Crippen LogP contribution in [0, 0.1) is 0 Å². The van der Waals surface area contributed by atoms with E-state index in [4.69, 9.17) is 0 Å². The van der Waals surface area contributed by atoms with Gasteiger partial charge in [0.05, 0.1) is 0 Å². The Hall–Kier alpha value is -1.72. The van der Waals surface area contributed by atoms with Gasteiger partial charge in [0.1, 0.15) is 24.7 Å². The van der Waals surface area contributed by atoms with Crippen LogP contribution >= 0.6 is 0 Å². The van der Waals surface area contributed by atoms with Crippen molar-refractivity contribution in [2.45, 2.75) is 26.1 Å². The van der Waals surface area contributed by atoms with Crippen LogP contribution in [0.5, 0.6) is 0 Å². The molecule has 0 aliphatic carbocycles. The minimum absolute atomic E-state index is 0.0810. The molecule has 1 fully saturated rings. The summed E-state index contributed by atoms with van der Waals surface area (Å²) in [4.78, 5) is 20.0. The zero-order chi connectivity index (χ0) is 10.6. The molecule has 0 aromatic carbocycles. The summed E-state index contributed by atoms with van der Waals surface area (Å²) < 4.78 is 17.4. The van der Waals surface area contributed by atoms with Crippen molar-refractivity contribution in [1.29, 1.82) is 0 Å². The van der Waals surface area contributed by atoms with Gasteiger partial charge < -0.3 is 18.3 Å². The topological polar surface area (TPSA) is 78.9 Å². The van der Waals surface area contributed by atoms with Gasteiger partial charge >= 0.3 is 12.0 Å². The molecule has 0 amide bonds. The Labute approximate surface area is 79.4 Å². The number of hydrogen-bond donors (Lipinski definition) is 0. The van der Waals surface area contributed by atoms with Crippen LogP contribution in [0.1, 0.15) is 13.8 Å². The highest BCUT2D eigenvalue weighted by Crippen LogP contribution is 2.12. The summed E-state index contributed by atoms with van der Waals surface area (Å²) in [7, 11) is 0. The van der Waals surface area contributed by atoms with E-state index in [-0.39, 0.29) is 12.2 Å². The molecule has 1 aromatic rings. The van der Waals surface area contributed by atoms with Gasteiger partial charge in [0.25, 0.3) is 0 Å². The van der Waals surface area contributed by atoms with Gasteiger partial charge in [-0.2, -0.15) is 0 Å². The summed E-state index contributed by atoms with van der Waals surface area (Å²) in [5.74, 6) is -0.657. The van der Waals surface area contributed by atoms with Crippen molar-refractivity contribution in [1.82, 2.24) is 0 Å². The Morgan fingerprint density at radius 3 is 1.57 bits per heavy atom. The first-order valence-corrected chi connectivity index (χ1v) is 3.99. The number of ether oxygens (including phenoxy) is 2. The van der Waals surface area contributed by atoms with E-state index in [1.165, 1.54) is 12.5 Å². The number of cyclic esters (lactones) is 2. The second-order valence-electron chi connectivity index (χ2n) is 2.65. The van der Waals surface area contributed by atoms with Gasteiger partial charge in [0.2, 0.25) is 0 Å². The minimum atomic E-state index is -0.657. The van der Waals surface area contributed by atoms with Crippen LogP contribution in [-0.4, -0.2) is 18.4 Å². The lowest BCUT2D eigenvalue weighted by Gasteiger charge is -2.00. The van der Waals surface area contributed by atoms with E-state index in [0.29, 0.717) is 0 Å². The van der Waals surface area contributed by atoms with Crippen molar-refractivity contribution < 1.29 is 23.1 Å². The Morgan fingerprint density at radius 1 is 1.00 bits per heavy atom. The van der Waals surface area contributed by atoms with Crippen LogP contribution in [0.15, 0.2) is 26.2 Å². The highest BCUT2D eigenvalue weighted by atomic mass is 16.8. The molecule has 14 heavy (non-hydrogen) atoms. The summed E-state index contributed by atoms with van der Waals surface area (Å²) in [5, 5.41) is 0. The maximum atomic E-state index is 10.2. The molecule has 78 valence electrons. The van der Waals surface area contributed by atoms with Gasteiger partial charge in [-0.3, -0.25) is 0 Å². The maximum Gasteiger partial charge on any atom is 0.518 e. The Balaban J connectivity index is 0.000000146. The standard InChI is InChI=1S/C5H8O3.C3H2O3/c1-3-4(2)8-5(6)7-3;4-3-5-1-2-6-3/h3-4H,1-2H3;1-2H. The summed E-state index contributed by atoms with van der Waals surface area (Å²) >= 11 is 0. The quantitative estimate of drug-likeness (QED) is 0.587. The molecule has 0 spiro atoms. The van der Waals surface area contributed by atoms with Crippen LogP contribution in [-0.2, 0) is 9.47 Å². The molecule has 1 aromatic heterocycles. The molecule has 2 atom stereocenters. The molecule has 0 saturated carbocycles. The second kappa shape index (κ2) is 4.50. The molecule has 1 saturated heterocycles. The second-order valence-corrected chi connectivity index (χ2v) is 2.65. The van der Waals surface area contributed by atoms with Gasteiger partial charge in [-0.15, -0.1) is 0 Å². The van der Waals surface area contributed by atoms with Crippen LogP contribution in [0.2, 0.25) is 0 Å². The number of carbonyl (C=O) groups excluding carboxylic acids is 1. The van der Waals surface area contributed by atoms with Crippen molar-refractivity contribution in [3.63, 3.8) is 0 Å². The average molecular weight is 202 g/mol. The molecular weight excluding hydrogens is 192 g/mol. The lowest BCUT2D eigenvalue weighted by molar-refractivity contribution is 0.118. The molecule has 2 rings (SSSR count). The number of hydrogen-bond acceptors (Lipinski definition) is 6. The van der Waals surface area contributed by atoms with E-state index in [0.717, 1.165) is 0 Å². The van der Waals surface area contributed by atoms with Crippen LogP contribution in [0.4, 0.5) is 4.79 Å². The van der Waals surface area contributed by atoms with E-state index in [1.807, 2.05) is 0 Å². The first-order valence-electron chi connectivity index (χ1n) is 3.99. The summed E-state index contributed by atoms with van der Waals surface area (Å²) in [6.07, 6.45) is 1.65. The Bertz CT molecular complexity index is 309. The van der Waals surface area contributed by atoms with Crippen LogP contribution < -0.4 is 5.82 Å². The summed E-state index contributed by atoms with van der Waals surface area (Å²) in [6.45, 7) is 3.60. The normalized spacial score (nSPS) is 24.6. The first-order chi connectivity index (χ1) is 6.59. The van der Waals surface area contributed by atoms with Gasteiger partial charge in [-0.1, -0.05) is 0 Å². The van der Waals surface area contributed by atoms with E-state index >= 15 is 0 Å². The highest BCUT2D eigenvalue weighted by Gasteiger charge is 2.28. The predicted molar refractivity (Wildman–Crippen MR) is 43.7 cm³/mol. The Morgan fingerprint density at radius 2 is 1.43 bits per heavy atom. The molecule has 0 radical (unpaired) electrons. The third-order valence-corrected chi connectivity index (χ3v) is 1.61. The van der Waals surface area contributed by atoms with Crippen molar-refractivity contribution in [3.05, 3.63) is 23.1 Å². The third-order valence-electron chi connectivity index (χ3n) is 1.61. The van der Waals surface area contributed by atoms with Crippen molar-refractivity contribution in [2.75, 3.05) is 0 Å². The van der Waals surface area contributed by atoms with Crippen molar-refractivity contribution in [2.24, 2.45) is 0 Å². The molecule has 6 heteroatoms. The van der Waals surface area contributed by atoms with Gasteiger partial charge in [0, 0.05) is 0 Å². The highest BCUT2D eigenvalue weighted by molar-refractivity contribution is 5.62. The smallest absolute Gasteiger partial charge is 0.427 e. The van der Waals surface area contributed by atoms with E-state index in [1.54, 1.807) is 13.8 Å². The molecule has 2 heterocycles. The number of rotatable bonds is 0. The molecule has 2 unspecified atom stereocenters. The summed E-state index contributed by atoms with van der Waals surface area (Å²) in [5.41, 5.74) is 0. The molecule has 1 aliphatic rings. The lowest BCUT2D eigenvalue weighted by atomic mass is 10.3. The zero-order valence-corrected chi connectivity index (χ0v) is 7.76. The fourth-order valence-corrected chi connectivity index (χ4v) is 0.717. The van der Waals surface area contributed by atoms with Crippen molar-refractivity contribution in [3.8, 4) is 0 Å². The maximum absolute atomic E-state index is 10.2. The van der Waals surface area contributed by atoms with Gasteiger partial charge in [-0.05, 0) is 13.8 Å². The molecule has 1 aliphatic heterocycles. The largest absolute Gasteiger partial charge is 0.518 e. The Kier molecular flexibility index (Phi) is 3.33. The molecule has 0 N–H and O–H groups in total. The van der Waals surface area contributed by atoms with Crippen LogP contribution in [0.25, 0.3) is 0 Å². The molecule has 6 nitrogen and oxygen atoms in total. The van der Waals surface area contributed by atoms with E-state index in [2.05, 4.69) is 18.3 Å². The predicted octanol–water partition coefficient (Wildman–Crippen LogP) is 1.16. The number of carbonyl (C=O) groups is 1. The first kappa shape index (κ1) is 10.4. The zero-order valence-electron chi connectivity index (χ0n) is 7.76. The van der Waals surface area contributed by atoms with E-state index in [9.17, 15) is 9.59 Å². The summed E-state index contributed by atoms with van der Waals surface area (Å²) in [6, 6.07) is 0. The monoisotopic (exact) mass is 202 g/mol. The van der Waals surface area contributed by atoms with Gasteiger partial charge in [-0.25, -0.2) is 9.59 Å². The van der Waals surface area contributed by atoms with Gasteiger partial charge in [0.15, 0.2) is 0 Å². The fourth-order valence-electron chi connectivity index (χ4n) is 0.717. The lowest BCUT2D eigenvalue weighted by Crippen LogP contribution is -2.13. The molecule has 0 bridgehead atoms.